The van der Waals surface area contributed by atoms with E-state index in [0.29, 0.717) is 0 Å². The summed E-state index contributed by atoms with van der Waals surface area (Å²) in [4.78, 5) is 0. The first kappa shape index (κ1) is 26.9. The molecule has 0 N–H and O–H groups in total. The van der Waals surface area contributed by atoms with E-state index in [9.17, 15) is 0 Å². The van der Waals surface area contributed by atoms with Gasteiger partial charge in [0.2, 0.25) is 0 Å². The maximum absolute atomic E-state index is 2.49. The molecule has 0 saturated heterocycles. The molecular weight excluding hydrogens is 607 g/mol. The number of rotatable bonds is 3. The van der Waals surface area contributed by atoms with E-state index in [-0.39, 0.29) is 0 Å². The van der Waals surface area contributed by atoms with Crippen LogP contribution >= 0.6 is 22.7 Å². The van der Waals surface area contributed by atoms with Crippen LogP contribution in [0.4, 0.5) is 0 Å². The number of thiophene rings is 2. The zero-order valence-corrected chi connectivity index (χ0v) is 27.7. The summed E-state index contributed by atoms with van der Waals surface area (Å²) in [6.07, 6.45) is 0. The molecule has 3 heterocycles. The van der Waals surface area contributed by atoms with Crippen molar-refractivity contribution in [3.8, 4) is 27.9 Å². The second-order valence-corrected chi connectivity index (χ2v) is 14.8. The number of hydrogen-bond acceptors (Lipinski definition) is 2. The SMILES string of the molecule is Cc1ccc2c(c1)c1cc(C)ccc1n2-c1cccc2c1sc1c(-c3ccccc3)cc(-c3cccc4c3sc3ccccc34)cc12. The molecule has 0 atom stereocenters. The van der Waals surface area contributed by atoms with Crippen molar-refractivity contribution in [2.75, 3.05) is 0 Å². The van der Waals surface area contributed by atoms with Gasteiger partial charge in [-0.25, -0.2) is 0 Å². The minimum absolute atomic E-state index is 1.24. The first-order valence-corrected chi connectivity index (χ1v) is 17.7. The molecule has 222 valence electrons. The highest BCUT2D eigenvalue weighted by Gasteiger charge is 2.20. The highest BCUT2D eigenvalue weighted by Crippen LogP contribution is 2.47. The van der Waals surface area contributed by atoms with Crippen molar-refractivity contribution in [1.82, 2.24) is 4.57 Å². The fourth-order valence-electron chi connectivity index (χ4n) is 7.53. The third-order valence-electron chi connectivity index (χ3n) is 9.69. The molecular formula is C44H29NS2. The number of hydrogen-bond donors (Lipinski definition) is 0. The van der Waals surface area contributed by atoms with Crippen LogP contribution in [-0.2, 0) is 0 Å². The number of aromatic nitrogens is 1. The molecule has 0 fully saturated rings. The Morgan fingerprint density at radius 3 is 1.81 bits per heavy atom. The molecule has 7 aromatic carbocycles. The van der Waals surface area contributed by atoms with Gasteiger partial charge in [0, 0.05) is 52.0 Å². The summed E-state index contributed by atoms with van der Waals surface area (Å²) >= 11 is 3.82. The van der Waals surface area contributed by atoms with E-state index in [4.69, 9.17) is 0 Å². The van der Waals surface area contributed by atoms with Crippen molar-refractivity contribution in [1.29, 1.82) is 0 Å². The molecule has 0 aliphatic rings. The van der Waals surface area contributed by atoms with Crippen molar-refractivity contribution in [2.45, 2.75) is 13.8 Å². The van der Waals surface area contributed by atoms with Crippen LogP contribution in [0.5, 0.6) is 0 Å². The Morgan fingerprint density at radius 2 is 1.04 bits per heavy atom. The smallest absolute Gasteiger partial charge is 0.0640 e. The van der Waals surface area contributed by atoms with Crippen molar-refractivity contribution in [3.63, 3.8) is 0 Å². The minimum atomic E-state index is 1.24. The minimum Gasteiger partial charge on any atom is -0.308 e. The summed E-state index contributed by atoms with van der Waals surface area (Å²) in [5.74, 6) is 0. The predicted octanol–water partition coefficient (Wildman–Crippen LogP) is 13.5. The second kappa shape index (κ2) is 10.1. The zero-order chi connectivity index (χ0) is 31.2. The molecule has 3 heteroatoms. The standard InChI is InChI=1S/C44H29NS2/c1-26-18-20-38-35(22-26)36-23-27(2)19-21-39(36)45(38)40-16-9-15-33-37-25-29(24-34(43(37)47-44(33)40)28-10-4-3-5-11-28)30-13-8-14-32-31-12-6-7-17-41(31)46-42(30)32/h3-25H,1-2H3. The van der Waals surface area contributed by atoms with E-state index >= 15 is 0 Å². The molecule has 3 aromatic heterocycles. The number of nitrogens with zero attached hydrogens (tertiary/aromatic N) is 1. The van der Waals surface area contributed by atoms with E-state index < -0.39 is 0 Å². The lowest BCUT2D eigenvalue weighted by molar-refractivity contribution is 1.20. The van der Waals surface area contributed by atoms with Gasteiger partial charge in [-0.15, -0.1) is 22.7 Å². The maximum atomic E-state index is 2.49. The zero-order valence-electron chi connectivity index (χ0n) is 26.0. The van der Waals surface area contributed by atoms with Crippen LogP contribution in [0.2, 0.25) is 0 Å². The quantitative estimate of drug-likeness (QED) is 0.182. The average molecular weight is 636 g/mol. The molecule has 1 nitrogen and oxygen atoms in total. The van der Waals surface area contributed by atoms with Gasteiger partial charge in [0.15, 0.2) is 0 Å². The lowest BCUT2D eigenvalue weighted by Gasteiger charge is -2.10. The van der Waals surface area contributed by atoms with E-state index in [1.165, 1.54) is 101 Å². The van der Waals surface area contributed by atoms with Gasteiger partial charge < -0.3 is 4.57 Å². The Kier molecular flexibility index (Phi) is 5.81. The summed E-state index contributed by atoms with van der Waals surface area (Å²) in [5.41, 5.74) is 11.4. The number of fused-ring (bicyclic) bond motifs is 9. The Hall–Kier alpha value is -5.22. The normalized spacial score (nSPS) is 12.0. The lowest BCUT2D eigenvalue weighted by atomic mass is 9.95. The Morgan fingerprint density at radius 1 is 0.404 bits per heavy atom. The van der Waals surface area contributed by atoms with E-state index in [0.717, 1.165) is 0 Å². The molecule has 0 amide bonds. The third kappa shape index (κ3) is 4.00. The van der Waals surface area contributed by atoms with E-state index in [1.807, 2.05) is 22.7 Å². The lowest BCUT2D eigenvalue weighted by Crippen LogP contribution is -1.94. The molecule has 47 heavy (non-hydrogen) atoms. The summed E-state index contributed by atoms with van der Waals surface area (Å²) in [6.45, 7) is 4.38. The van der Waals surface area contributed by atoms with Crippen molar-refractivity contribution in [2.24, 2.45) is 0 Å². The molecule has 10 rings (SSSR count). The molecule has 0 aliphatic carbocycles. The van der Waals surface area contributed by atoms with Crippen molar-refractivity contribution in [3.05, 3.63) is 151 Å². The van der Waals surface area contributed by atoms with Crippen LogP contribution < -0.4 is 0 Å². The van der Waals surface area contributed by atoms with Crippen molar-refractivity contribution >= 4 is 84.8 Å². The van der Waals surface area contributed by atoms with Gasteiger partial charge in [-0.2, -0.15) is 0 Å². The van der Waals surface area contributed by atoms with Crippen LogP contribution in [0.15, 0.2) is 140 Å². The Bertz CT molecular complexity index is 2800. The molecule has 0 bridgehead atoms. The predicted molar refractivity (Wildman–Crippen MR) is 207 cm³/mol. The summed E-state index contributed by atoms with van der Waals surface area (Å²) in [7, 11) is 0. The topological polar surface area (TPSA) is 4.93 Å². The Labute approximate surface area is 280 Å². The van der Waals surface area contributed by atoms with Gasteiger partial charge >= 0.3 is 0 Å². The van der Waals surface area contributed by atoms with Gasteiger partial charge in [0.05, 0.1) is 21.4 Å². The molecule has 0 saturated carbocycles. The molecule has 0 unspecified atom stereocenters. The molecule has 0 aliphatic heterocycles. The summed E-state index contributed by atoms with van der Waals surface area (Å²) < 4.78 is 7.82. The highest BCUT2D eigenvalue weighted by molar-refractivity contribution is 7.27. The number of aryl methyl sites for hydroxylation is 2. The number of benzene rings is 7. The fourth-order valence-corrected chi connectivity index (χ4v) is 10.1. The van der Waals surface area contributed by atoms with E-state index in [2.05, 4.69) is 158 Å². The van der Waals surface area contributed by atoms with Gasteiger partial charge in [-0.1, -0.05) is 102 Å². The molecule has 0 spiro atoms. The van der Waals surface area contributed by atoms with Crippen LogP contribution in [0.1, 0.15) is 11.1 Å². The van der Waals surface area contributed by atoms with Gasteiger partial charge in [0.25, 0.3) is 0 Å². The van der Waals surface area contributed by atoms with Crippen LogP contribution in [0.25, 0.3) is 90.1 Å². The van der Waals surface area contributed by atoms with Crippen molar-refractivity contribution < 1.29 is 0 Å². The van der Waals surface area contributed by atoms with Gasteiger partial charge in [-0.3, -0.25) is 0 Å². The Balaban J connectivity index is 1.31. The summed E-state index contributed by atoms with van der Waals surface area (Å²) in [6, 6.07) is 52.0. The average Bonchev–Trinajstić information content (AvgIpc) is 3.77. The monoisotopic (exact) mass is 635 g/mol. The highest BCUT2D eigenvalue weighted by atomic mass is 32.1. The van der Waals surface area contributed by atoms with Crippen LogP contribution in [0, 0.1) is 13.8 Å². The second-order valence-electron chi connectivity index (χ2n) is 12.7. The van der Waals surface area contributed by atoms with E-state index in [1.54, 1.807) is 0 Å². The van der Waals surface area contributed by atoms with Gasteiger partial charge in [0.1, 0.15) is 0 Å². The van der Waals surface area contributed by atoms with Crippen LogP contribution in [-0.4, -0.2) is 4.57 Å². The first-order valence-electron chi connectivity index (χ1n) is 16.1. The van der Waals surface area contributed by atoms with Crippen LogP contribution in [0.3, 0.4) is 0 Å². The van der Waals surface area contributed by atoms with Gasteiger partial charge in [-0.05, 0) is 79.1 Å². The maximum Gasteiger partial charge on any atom is 0.0640 e. The molecule has 0 radical (unpaired) electrons. The summed E-state index contributed by atoms with van der Waals surface area (Å²) in [5, 5.41) is 7.91. The first-order chi connectivity index (χ1) is 23.1. The molecule has 10 aromatic rings. The third-order valence-corrected chi connectivity index (χ3v) is 12.2. The fraction of sp³-hybridized carbons (Fsp3) is 0.0455. The largest absolute Gasteiger partial charge is 0.308 e.